The Balaban J connectivity index is 1.70. The van der Waals surface area contributed by atoms with Gasteiger partial charge in [0.15, 0.2) is 0 Å². The minimum Gasteiger partial charge on any atom is -0.497 e. The van der Waals surface area contributed by atoms with E-state index in [9.17, 15) is 19.7 Å². The highest BCUT2D eigenvalue weighted by Gasteiger charge is 2.25. The SMILES string of the molecule is COC(=O)c1cc(C(=O)N2CCN(Cc3cc(OC)ccc3OC)CC2)cc([N+](=O)[O-])c1. The van der Waals surface area contributed by atoms with Gasteiger partial charge in [0.2, 0.25) is 0 Å². The molecule has 0 saturated carbocycles. The number of non-ortho nitro benzene ring substituents is 1. The van der Waals surface area contributed by atoms with Crippen LogP contribution in [0.3, 0.4) is 0 Å². The maximum Gasteiger partial charge on any atom is 0.338 e. The predicted molar refractivity (Wildman–Crippen MR) is 115 cm³/mol. The summed E-state index contributed by atoms with van der Waals surface area (Å²) in [6.45, 7) is 2.75. The highest BCUT2D eigenvalue weighted by atomic mass is 16.6. The predicted octanol–water partition coefficient (Wildman–Crippen LogP) is 2.36. The molecule has 1 heterocycles. The molecule has 0 bridgehead atoms. The van der Waals surface area contributed by atoms with Gasteiger partial charge in [0.05, 0.1) is 31.8 Å². The standard InChI is InChI=1S/C22H25N3O7/c1-30-19-4-5-20(31-2)17(13-19)14-23-6-8-24(9-7-23)21(26)15-10-16(22(27)32-3)12-18(11-15)25(28)29/h4-5,10-13H,6-9,14H2,1-3H3. The van der Waals surface area contributed by atoms with Gasteiger partial charge < -0.3 is 19.1 Å². The number of benzene rings is 2. The van der Waals surface area contributed by atoms with Crippen molar-refractivity contribution in [2.24, 2.45) is 0 Å². The normalized spacial score (nSPS) is 14.0. The van der Waals surface area contributed by atoms with Crippen LogP contribution in [0.15, 0.2) is 36.4 Å². The van der Waals surface area contributed by atoms with Crippen molar-refractivity contribution in [2.45, 2.75) is 6.54 Å². The lowest BCUT2D eigenvalue weighted by Crippen LogP contribution is -2.48. The van der Waals surface area contributed by atoms with Crippen molar-refractivity contribution in [1.82, 2.24) is 9.80 Å². The Bertz CT molecular complexity index is 1020. The number of nitro groups is 1. The molecule has 32 heavy (non-hydrogen) atoms. The maximum absolute atomic E-state index is 13.0. The van der Waals surface area contributed by atoms with Crippen molar-refractivity contribution in [3.05, 3.63) is 63.2 Å². The first-order chi connectivity index (χ1) is 15.4. The Morgan fingerprint density at radius 2 is 1.66 bits per heavy atom. The summed E-state index contributed by atoms with van der Waals surface area (Å²) in [6.07, 6.45) is 0. The number of carbonyl (C=O) groups excluding carboxylic acids is 2. The van der Waals surface area contributed by atoms with Crippen molar-refractivity contribution in [3.63, 3.8) is 0 Å². The van der Waals surface area contributed by atoms with E-state index < -0.39 is 10.9 Å². The van der Waals surface area contributed by atoms with Gasteiger partial charge in [-0.3, -0.25) is 19.8 Å². The number of esters is 1. The Morgan fingerprint density at radius 1 is 0.969 bits per heavy atom. The smallest absolute Gasteiger partial charge is 0.338 e. The van der Waals surface area contributed by atoms with E-state index in [1.165, 1.54) is 19.2 Å². The summed E-state index contributed by atoms with van der Waals surface area (Å²) in [7, 11) is 4.40. The molecule has 0 aromatic heterocycles. The van der Waals surface area contributed by atoms with Crippen molar-refractivity contribution >= 4 is 17.6 Å². The number of hydrogen-bond acceptors (Lipinski definition) is 8. The molecule has 1 saturated heterocycles. The largest absolute Gasteiger partial charge is 0.497 e. The van der Waals surface area contributed by atoms with Gasteiger partial charge in [0.1, 0.15) is 11.5 Å². The summed E-state index contributed by atoms with van der Waals surface area (Å²) in [5, 5.41) is 11.2. The van der Waals surface area contributed by atoms with Crippen LogP contribution in [0.5, 0.6) is 11.5 Å². The molecule has 10 nitrogen and oxygen atoms in total. The second-order valence-corrected chi connectivity index (χ2v) is 7.26. The van der Waals surface area contributed by atoms with Gasteiger partial charge in [0.25, 0.3) is 11.6 Å². The quantitative estimate of drug-likeness (QED) is 0.364. The number of amides is 1. The van der Waals surface area contributed by atoms with Crippen molar-refractivity contribution in [2.75, 3.05) is 47.5 Å². The van der Waals surface area contributed by atoms with Gasteiger partial charge in [-0.15, -0.1) is 0 Å². The summed E-state index contributed by atoms with van der Waals surface area (Å²) in [6, 6.07) is 9.22. The molecule has 1 aliphatic heterocycles. The molecule has 0 radical (unpaired) electrons. The number of methoxy groups -OCH3 is 3. The first-order valence-corrected chi connectivity index (χ1v) is 9.96. The van der Waals surface area contributed by atoms with E-state index in [0.29, 0.717) is 32.7 Å². The Kier molecular flexibility index (Phi) is 7.26. The zero-order chi connectivity index (χ0) is 23.3. The van der Waals surface area contributed by atoms with E-state index in [2.05, 4.69) is 9.64 Å². The number of carbonyl (C=O) groups is 2. The van der Waals surface area contributed by atoms with Crippen LogP contribution in [0, 0.1) is 10.1 Å². The second kappa shape index (κ2) is 10.1. The summed E-state index contributed by atoms with van der Waals surface area (Å²) < 4.78 is 15.4. The lowest BCUT2D eigenvalue weighted by molar-refractivity contribution is -0.384. The molecule has 1 fully saturated rings. The van der Waals surface area contributed by atoms with Crippen LogP contribution >= 0.6 is 0 Å². The van der Waals surface area contributed by atoms with Crippen LogP contribution in [0.2, 0.25) is 0 Å². The number of ether oxygens (including phenoxy) is 3. The lowest BCUT2D eigenvalue weighted by Gasteiger charge is -2.35. The molecule has 0 spiro atoms. The maximum atomic E-state index is 13.0. The fourth-order valence-corrected chi connectivity index (χ4v) is 3.61. The molecule has 10 heteroatoms. The van der Waals surface area contributed by atoms with Gasteiger partial charge in [-0.1, -0.05) is 0 Å². The van der Waals surface area contributed by atoms with Crippen LogP contribution < -0.4 is 9.47 Å². The molecule has 170 valence electrons. The first kappa shape index (κ1) is 23.0. The number of rotatable bonds is 7. The topological polar surface area (TPSA) is 111 Å². The molecule has 3 rings (SSSR count). The van der Waals surface area contributed by atoms with Gasteiger partial charge >= 0.3 is 5.97 Å². The third-order valence-corrected chi connectivity index (χ3v) is 5.34. The molecule has 2 aromatic rings. The van der Waals surface area contributed by atoms with Gasteiger partial charge in [0, 0.05) is 56.0 Å². The molecule has 1 amide bonds. The van der Waals surface area contributed by atoms with E-state index in [0.717, 1.165) is 23.1 Å². The zero-order valence-corrected chi connectivity index (χ0v) is 18.2. The summed E-state index contributed by atoms with van der Waals surface area (Å²) in [4.78, 5) is 39.3. The molecular weight excluding hydrogens is 418 g/mol. The third kappa shape index (κ3) is 5.14. The van der Waals surface area contributed by atoms with Crippen LogP contribution in [-0.2, 0) is 11.3 Å². The average Bonchev–Trinajstić information content (AvgIpc) is 2.83. The van der Waals surface area contributed by atoms with Crippen LogP contribution in [0.4, 0.5) is 5.69 Å². The van der Waals surface area contributed by atoms with E-state index in [1.54, 1.807) is 19.1 Å². The first-order valence-electron chi connectivity index (χ1n) is 9.96. The summed E-state index contributed by atoms with van der Waals surface area (Å²) in [5.74, 6) is 0.398. The van der Waals surface area contributed by atoms with Crippen molar-refractivity contribution in [1.29, 1.82) is 0 Å². The second-order valence-electron chi connectivity index (χ2n) is 7.26. The van der Waals surface area contributed by atoms with E-state index >= 15 is 0 Å². The van der Waals surface area contributed by atoms with Crippen molar-refractivity contribution in [3.8, 4) is 11.5 Å². The molecule has 0 N–H and O–H groups in total. The minimum atomic E-state index is -0.736. The third-order valence-electron chi connectivity index (χ3n) is 5.34. The van der Waals surface area contributed by atoms with Gasteiger partial charge in [-0.05, 0) is 24.3 Å². The number of hydrogen-bond donors (Lipinski definition) is 0. The summed E-state index contributed by atoms with van der Waals surface area (Å²) in [5.41, 5.74) is 0.698. The monoisotopic (exact) mass is 443 g/mol. The minimum absolute atomic E-state index is 0.0335. The number of nitrogens with zero attached hydrogens (tertiary/aromatic N) is 3. The molecule has 0 unspecified atom stereocenters. The Labute approximate surface area is 185 Å². The highest BCUT2D eigenvalue weighted by molar-refractivity contribution is 5.99. The van der Waals surface area contributed by atoms with Crippen LogP contribution in [-0.4, -0.2) is 74.1 Å². The lowest BCUT2D eigenvalue weighted by atomic mass is 10.1. The van der Waals surface area contributed by atoms with E-state index in [1.807, 2.05) is 18.2 Å². The summed E-state index contributed by atoms with van der Waals surface area (Å²) >= 11 is 0. The fourth-order valence-electron chi connectivity index (χ4n) is 3.61. The van der Waals surface area contributed by atoms with E-state index in [4.69, 9.17) is 9.47 Å². The van der Waals surface area contributed by atoms with Crippen LogP contribution in [0.25, 0.3) is 0 Å². The Hall–Kier alpha value is -3.66. The van der Waals surface area contributed by atoms with Crippen LogP contribution in [0.1, 0.15) is 26.3 Å². The number of piperazine rings is 1. The molecule has 1 aliphatic rings. The van der Waals surface area contributed by atoms with Gasteiger partial charge in [-0.2, -0.15) is 0 Å². The number of nitro benzene ring substituents is 1. The Morgan fingerprint density at radius 3 is 2.25 bits per heavy atom. The average molecular weight is 443 g/mol. The molecule has 0 aliphatic carbocycles. The van der Waals surface area contributed by atoms with Crippen molar-refractivity contribution < 1.29 is 28.7 Å². The molecule has 2 aromatic carbocycles. The van der Waals surface area contributed by atoms with Gasteiger partial charge in [-0.25, -0.2) is 4.79 Å². The molecule has 0 atom stereocenters. The molecular formula is C22H25N3O7. The zero-order valence-electron chi connectivity index (χ0n) is 18.2. The van der Waals surface area contributed by atoms with E-state index in [-0.39, 0.29) is 22.7 Å². The highest BCUT2D eigenvalue weighted by Crippen LogP contribution is 2.26. The fraction of sp³-hybridized carbons (Fsp3) is 0.364.